The van der Waals surface area contributed by atoms with Crippen molar-refractivity contribution in [3.63, 3.8) is 0 Å². The zero-order valence-electron chi connectivity index (χ0n) is 15.5. The summed E-state index contributed by atoms with van der Waals surface area (Å²) >= 11 is 0. The van der Waals surface area contributed by atoms with Crippen LogP contribution in [0.25, 0.3) is 17.0 Å². The first-order valence-electron chi connectivity index (χ1n) is 8.85. The van der Waals surface area contributed by atoms with Gasteiger partial charge in [0.25, 0.3) is 0 Å². The standard InChI is InChI=1S/C21H21N3O4/c1-27-20(25)16-10-11-17-18(23-24-19(17)13-16)9-5-6-12-22-21(26)28-14-15-7-3-2-4-8-15/h2-5,7-11,13H,6,12,14H2,1H3,(H,22,26)(H,23,24). The number of methoxy groups -OCH3 is 1. The van der Waals surface area contributed by atoms with Crippen molar-refractivity contribution < 1.29 is 19.1 Å². The Morgan fingerprint density at radius 2 is 2.00 bits per heavy atom. The van der Waals surface area contributed by atoms with Crippen LogP contribution in [0.4, 0.5) is 4.79 Å². The first kappa shape index (κ1) is 19.2. The highest BCUT2D eigenvalue weighted by atomic mass is 16.5. The summed E-state index contributed by atoms with van der Waals surface area (Å²) in [7, 11) is 1.35. The van der Waals surface area contributed by atoms with Crippen molar-refractivity contribution in [2.24, 2.45) is 0 Å². The summed E-state index contributed by atoms with van der Waals surface area (Å²) in [4.78, 5) is 23.3. The third kappa shape index (κ3) is 4.97. The molecule has 0 spiro atoms. The highest BCUT2D eigenvalue weighted by Gasteiger charge is 2.09. The number of rotatable bonds is 7. The van der Waals surface area contributed by atoms with Crippen molar-refractivity contribution >= 4 is 29.0 Å². The minimum atomic E-state index is -0.446. The summed E-state index contributed by atoms with van der Waals surface area (Å²) in [6, 6.07) is 14.7. The summed E-state index contributed by atoms with van der Waals surface area (Å²) in [5, 5.41) is 10.7. The minimum Gasteiger partial charge on any atom is -0.465 e. The highest BCUT2D eigenvalue weighted by molar-refractivity contribution is 5.96. The van der Waals surface area contributed by atoms with Gasteiger partial charge in [-0.3, -0.25) is 5.10 Å². The minimum absolute atomic E-state index is 0.245. The Morgan fingerprint density at radius 3 is 2.79 bits per heavy atom. The molecule has 0 saturated carbocycles. The maximum atomic E-state index is 11.7. The maximum Gasteiger partial charge on any atom is 0.407 e. The number of carbonyl (C=O) groups is 2. The molecule has 3 aromatic rings. The van der Waals surface area contributed by atoms with Crippen molar-refractivity contribution in [1.82, 2.24) is 15.5 Å². The molecule has 3 rings (SSSR count). The number of hydrogen-bond acceptors (Lipinski definition) is 5. The van der Waals surface area contributed by atoms with Crippen LogP contribution in [0.1, 0.15) is 28.0 Å². The lowest BCUT2D eigenvalue weighted by Crippen LogP contribution is -2.24. The van der Waals surface area contributed by atoms with Gasteiger partial charge >= 0.3 is 12.1 Å². The Labute approximate surface area is 162 Å². The van der Waals surface area contributed by atoms with Crippen LogP contribution >= 0.6 is 0 Å². The van der Waals surface area contributed by atoms with E-state index < -0.39 is 6.09 Å². The van der Waals surface area contributed by atoms with E-state index in [-0.39, 0.29) is 12.6 Å². The Kier molecular flexibility index (Phi) is 6.41. The largest absolute Gasteiger partial charge is 0.465 e. The van der Waals surface area contributed by atoms with Gasteiger partial charge in [0.1, 0.15) is 6.61 Å². The Morgan fingerprint density at radius 1 is 1.18 bits per heavy atom. The Hall–Kier alpha value is -3.61. The van der Waals surface area contributed by atoms with Crippen LogP contribution in [0.2, 0.25) is 0 Å². The molecule has 0 saturated heterocycles. The number of aromatic nitrogens is 2. The summed E-state index contributed by atoms with van der Waals surface area (Å²) in [6.45, 7) is 0.703. The molecule has 0 atom stereocenters. The predicted octanol–water partition coefficient (Wildman–Crippen LogP) is 3.68. The van der Waals surface area contributed by atoms with Crippen LogP contribution in [-0.4, -0.2) is 35.9 Å². The zero-order chi connectivity index (χ0) is 19.8. The molecule has 0 bridgehead atoms. The van der Waals surface area contributed by atoms with Crippen molar-refractivity contribution in [1.29, 1.82) is 0 Å². The molecule has 0 aliphatic carbocycles. The summed E-state index contributed by atoms with van der Waals surface area (Å²) in [5.41, 5.74) is 2.92. The second-order valence-electron chi connectivity index (χ2n) is 6.04. The van der Waals surface area contributed by atoms with E-state index in [4.69, 9.17) is 9.47 Å². The number of carbonyl (C=O) groups excluding carboxylic acids is 2. The van der Waals surface area contributed by atoms with E-state index in [1.165, 1.54) is 7.11 Å². The SMILES string of the molecule is COC(=O)c1ccc2c(C=CCCNC(=O)OCc3ccccc3)n[nH]c2c1. The summed E-state index contributed by atoms with van der Waals surface area (Å²) < 4.78 is 9.86. The third-order valence-electron chi connectivity index (χ3n) is 4.08. The topological polar surface area (TPSA) is 93.3 Å². The quantitative estimate of drug-likeness (QED) is 0.482. The van der Waals surface area contributed by atoms with E-state index in [9.17, 15) is 9.59 Å². The van der Waals surface area contributed by atoms with Gasteiger partial charge in [-0.2, -0.15) is 5.10 Å². The van der Waals surface area contributed by atoms with Crippen molar-refractivity contribution in [3.05, 3.63) is 71.4 Å². The maximum absolute atomic E-state index is 11.7. The number of fused-ring (bicyclic) bond motifs is 1. The number of esters is 1. The first-order valence-corrected chi connectivity index (χ1v) is 8.85. The zero-order valence-corrected chi connectivity index (χ0v) is 15.5. The second kappa shape index (κ2) is 9.36. The van der Waals surface area contributed by atoms with Crippen molar-refractivity contribution in [3.8, 4) is 0 Å². The van der Waals surface area contributed by atoms with Gasteiger partial charge in [0.2, 0.25) is 0 Å². The van der Waals surface area contributed by atoms with Gasteiger partial charge in [0.05, 0.1) is 23.9 Å². The fourth-order valence-corrected chi connectivity index (χ4v) is 2.64. The molecule has 0 radical (unpaired) electrons. The molecular weight excluding hydrogens is 358 g/mol. The first-order chi connectivity index (χ1) is 13.7. The summed E-state index contributed by atoms with van der Waals surface area (Å²) in [5.74, 6) is -0.390. The van der Waals surface area contributed by atoms with Crippen LogP contribution in [-0.2, 0) is 16.1 Å². The van der Waals surface area contributed by atoms with Gasteiger partial charge in [0.15, 0.2) is 0 Å². The molecule has 0 aliphatic rings. The van der Waals surface area contributed by atoms with Crippen LogP contribution in [0.15, 0.2) is 54.6 Å². The van der Waals surface area contributed by atoms with Gasteiger partial charge in [-0.25, -0.2) is 9.59 Å². The molecule has 144 valence electrons. The van der Waals surface area contributed by atoms with Crippen LogP contribution in [0, 0.1) is 0 Å². The molecule has 7 nitrogen and oxygen atoms in total. The molecule has 2 aromatic carbocycles. The van der Waals surface area contributed by atoms with E-state index in [0.29, 0.717) is 18.5 Å². The normalized spacial score (nSPS) is 10.9. The number of H-pyrrole nitrogens is 1. The van der Waals surface area contributed by atoms with Crippen LogP contribution < -0.4 is 5.32 Å². The van der Waals surface area contributed by atoms with E-state index in [0.717, 1.165) is 22.2 Å². The Balaban J connectivity index is 1.46. The molecule has 1 aromatic heterocycles. The van der Waals surface area contributed by atoms with Gasteiger partial charge in [-0.15, -0.1) is 0 Å². The molecule has 0 unspecified atom stereocenters. The molecule has 2 N–H and O–H groups in total. The van der Waals surface area contributed by atoms with Crippen molar-refractivity contribution in [2.75, 3.05) is 13.7 Å². The van der Waals surface area contributed by atoms with E-state index in [1.807, 2.05) is 48.6 Å². The number of alkyl carbamates (subject to hydrolysis) is 1. The fraction of sp³-hybridized carbons (Fsp3) is 0.190. The fourth-order valence-electron chi connectivity index (χ4n) is 2.64. The molecule has 28 heavy (non-hydrogen) atoms. The lowest BCUT2D eigenvalue weighted by Gasteiger charge is -2.05. The average molecular weight is 379 g/mol. The van der Waals surface area contributed by atoms with Gasteiger partial charge < -0.3 is 14.8 Å². The van der Waals surface area contributed by atoms with Crippen LogP contribution in [0.5, 0.6) is 0 Å². The van der Waals surface area contributed by atoms with Crippen molar-refractivity contribution in [2.45, 2.75) is 13.0 Å². The second-order valence-corrected chi connectivity index (χ2v) is 6.04. The highest BCUT2D eigenvalue weighted by Crippen LogP contribution is 2.19. The van der Waals surface area contributed by atoms with Gasteiger partial charge in [-0.1, -0.05) is 36.4 Å². The van der Waals surface area contributed by atoms with Crippen LogP contribution in [0.3, 0.4) is 0 Å². The van der Waals surface area contributed by atoms with E-state index in [1.54, 1.807) is 12.1 Å². The average Bonchev–Trinajstić information content (AvgIpc) is 3.14. The molecule has 1 amide bonds. The number of amides is 1. The molecular formula is C21H21N3O4. The number of aromatic amines is 1. The number of hydrogen-bond donors (Lipinski definition) is 2. The van der Waals surface area contributed by atoms with Gasteiger partial charge in [0, 0.05) is 11.9 Å². The molecule has 7 heteroatoms. The lowest BCUT2D eigenvalue weighted by molar-refractivity contribution is 0.0601. The number of benzene rings is 2. The Bertz CT molecular complexity index is 980. The van der Waals surface area contributed by atoms with Gasteiger partial charge in [-0.05, 0) is 36.3 Å². The monoisotopic (exact) mass is 379 g/mol. The smallest absolute Gasteiger partial charge is 0.407 e. The molecule has 0 fully saturated rings. The number of nitrogens with zero attached hydrogens (tertiary/aromatic N) is 1. The number of nitrogens with one attached hydrogen (secondary N) is 2. The van der Waals surface area contributed by atoms with E-state index in [2.05, 4.69) is 15.5 Å². The predicted molar refractivity (Wildman–Crippen MR) is 106 cm³/mol. The van der Waals surface area contributed by atoms with E-state index >= 15 is 0 Å². The summed E-state index contributed by atoms with van der Waals surface area (Å²) in [6.07, 6.45) is 3.97. The molecule has 0 aliphatic heterocycles. The lowest BCUT2D eigenvalue weighted by atomic mass is 10.1. The molecule has 1 heterocycles. The third-order valence-corrected chi connectivity index (χ3v) is 4.08. The number of ether oxygens (including phenoxy) is 2.